The van der Waals surface area contributed by atoms with Gasteiger partial charge in [-0.3, -0.25) is 4.79 Å². The van der Waals surface area contributed by atoms with Crippen LogP contribution in [0.5, 0.6) is 0 Å². The number of carbonyl (C=O) groups excluding carboxylic acids is 1. The maximum Gasteiger partial charge on any atom is 0.254 e. The number of benzene rings is 2. The van der Waals surface area contributed by atoms with Crippen LogP contribution in [0.2, 0.25) is 0 Å². The minimum absolute atomic E-state index is 0.127. The molecule has 0 saturated heterocycles. The van der Waals surface area contributed by atoms with Crippen molar-refractivity contribution in [1.82, 2.24) is 15.1 Å². The van der Waals surface area contributed by atoms with Gasteiger partial charge in [0.05, 0.1) is 11.9 Å². The first kappa shape index (κ1) is 20.8. The first-order valence-electron chi connectivity index (χ1n) is 11.5. The van der Waals surface area contributed by atoms with Crippen LogP contribution in [0, 0.1) is 19.8 Å². The number of carbonyl (C=O) groups is 1. The number of hydrogen-bond acceptors (Lipinski definition) is 4. The van der Waals surface area contributed by atoms with Crippen molar-refractivity contribution in [3.63, 3.8) is 0 Å². The third kappa shape index (κ3) is 3.82. The number of hydrogen-bond donors (Lipinski definition) is 1. The number of aromatic nitrogens is 2. The zero-order chi connectivity index (χ0) is 22.2. The lowest BCUT2D eigenvalue weighted by molar-refractivity contribution is 0.0612. The zero-order valence-electron chi connectivity index (χ0n) is 18.7. The number of nitrogens with zero attached hydrogens (tertiary/aromatic N) is 3. The van der Waals surface area contributed by atoms with Crippen LogP contribution in [0.15, 0.2) is 48.7 Å². The third-order valence-corrected chi connectivity index (χ3v) is 7.11. The van der Waals surface area contributed by atoms with Gasteiger partial charge < -0.3 is 10.0 Å². The Hall–Kier alpha value is -3.05. The Labute approximate surface area is 189 Å². The van der Waals surface area contributed by atoms with Crippen LogP contribution in [-0.2, 0) is 13.0 Å². The highest BCUT2D eigenvalue weighted by atomic mass is 16.3. The largest absolute Gasteiger partial charge is 0.396 e. The Bertz CT molecular complexity index is 1160. The second kappa shape index (κ2) is 8.47. The van der Waals surface area contributed by atoms with Crippen molar-refractivity contribution in [2.75, 3.05) is 6.61 Å². The van der Waals surface area contributed by atoms with E-state index in [1.165, 1.54) is 16.7 Å². The van der Waals surface area contributed by atoms with Crippen LogP contribution in [0.4, 0.5) is 0 Å². The SMILES string of the molecule is Cc1cc(-c2ccc(Cc3cc4c(cc3C)CN([C@H]3CCC[C@@H]3CO)C4=O)cc2)cnn1. The molecule has 5 rings (SSSR count). The minimum atomic E-state index is 0.127. The maximum atomic E-state index is 13.2. The second-order valence-corrected chi connectivity index (χ2v) is 9.27. The van der Waals surface area contributed by atoms with Crippen molar-refractivity contribution >= 4 is 5.91 Å². The van der Waals surface area contributed by atoms with E-state index in [1.807, 2.05) is 17.9 Å². The van der Waals surface area contributed by atoms with Crippen molar-refractivity contribution in [1.29, 1.82) is 0 Å². The Kier molecular flexibility index (Phi) is 5.51. The molecular formula is C27H29N3O2. The van der Waals surface area contributed by atoms with E-state index >= 15 is 0 Å². The molecular weight excluding hydrogens is 398 g/mol. The van der Waals surface area contributed by atoms with Gasteiger partial charge in [-0.2, -0.15) is 10.2 Å². The lowest BCUT2D eigenvalue weighted by Gasteiger charge is -2.28. The van der Waals surface area contributed by atoms with Gasteiger partial charge in [0, 0.05) is 36.2 Å². The van der Waals surface area contributed by atoms with Crippen molar-refractivity contribution in [3.05, 3.63) is 82.2 Å². The summed E-state index contributed by atoms with van der Waals surface area (Å²) in [7, 11) is 0. The molecule has 1 fully saturated rings. The predicted octanol–water partition coefficient (Wildman–Crippen LogP) is 4.47. The first-order valence-corrected chi connectivity index (χ1v) is 11.5. The molecule has 0 unspecified atom stereocenters. The fraction of sp³-hybridized carbons (Fsp3) is 0.370. The van der Waals surface area contributed by atoms with Gasteiger partial charge in [0.2, 0.25) is 0 Å². The van der Waals surface area contributed by atoms with Gasteiger partial charge in [-0.05, 0) is 73.1 Å². The van der Waals surface area contributed by atoms with E-state index in [-0.39, 0.29) is 24.5 Å². The molecule has 0 radical (unpaired) electrons. The van der Waals surface area contributed by atoms with Gasteiger partial charge >= 0.3 is 0 Å². The summed E-state index contributed by atoms with van der Waals surface area (Å²) in [6, 6.07) is 15.0. The van der Waals surface area contributed by atoms with E-state index in [1.54, 1.807) is 6.20 Å². The minimum Gasteiger partial charge on any atom is -0.396 e. The van der Waals surface area contributed by atoms with Crippen LogP contribution < -0.4 is 0 Å². The van der Waals surface area contributed by atoms with Gasteiger partial charge in [-0.25, -0.2) is 0 Å². The molecule has 32 heavy (non-hydrogen) atoms. The Morgan fingerprint density at radius 1 is 1.06 bits per heavy atom. The van der Waals surface area contributed by atoms with Gasteiger partial charge in [-0.1, -0.05) is 36.8 Å². The van der Waals surface area contributed by atoms with Crippen molar-refractivity contribution in [3.8, 4) is 11.1 Å². The molecule has 1 aliphatic carbocycles. The summed E-state index contributed by atoms with van der Waals surface area (Å²) in [4.78, 5) is 15.2. The average molecular weight is 428 g/mol. The summed E-state index contributed by atoms with van der Waals surface area (Å²) < 4.78 is 0. The predicted molar refractivity (Wildman–Crippen MR) is 124 cm³/mol. The van der Waals surface area contributed by atoms with Gasteiger partial charge in [0.25, 0.3) is 5.91 Å². The lowest BCUT2D eigenvalue weighted by atomic mass is 9.95. The smallest absolute Gasteiger partial charge is 0.254 e. The standard InChI is InChI=1S/C27H29N3O2/c1-17-10-24-15-30(26-5-3-4-21(26)16-31)27(32)25(24)13-22(17)12-19-6-8-20(9-7-19)23-11-18(2)29-28-14-23/h6-11,13-14,21,26,31H,3-5,12,15-16H2,1-2H3/t21-,26+/m1/s1. The van der Waals surface area contributed by atoms with Gasteiger partial charge in [0.1, 0.15) is 0 Å². The van der Waals surface area contributed by atoms with Crippen LogP contribution in [0.25, 0.3) is 11.1 Å². The van der Waals surface area contributed by atoms with Crippen LogP contribution in [0.3, 0.4) is 0 Å². The van der Waals surface area contributed by atoms with Crippen molar-refractivity contribution < 1.29 is 9.90 Å². The maximum absolute atomic E-state index is 13.2. The van der Waals surface area contributed by atoms with E-state index < -0.39 is 0 Å². The van der Waals surface area contributed by atoms with E-state index in [4.69, 9.17) is 0 Å². The van der Waals surface area contributed by atoms with Gasteiger partial charge in [0.15, 0.2) is 0 Å². The molecule has 5 nitrogen and oxygen atoms in total. The highest BCUT2D eigenvalue weighted by molar-refractivity contribution is 5.99. The fourth-order valence-electron chi connectivity index (χ4n) is 5.32. The topological polar surface area (TPSA) is 66.3 Å². The Balaban J connectivity index is 1.36. The molecule has 1 saturated carbocycles. The summed E-state index contributed by atoms with van der Waals surface area (Å²) >= 11 is 0. The van der Waals surface area contributed by atoms with Gasteiger partial charge in [-0.15, -0.1) is 0 Å². The quantitative estimate of drug-likeness (QED) is 0.653. The number of rotatable bonds is 5. The summed E-state index contributed by atoms with van der Waals surface area (Å²) in [5.74, 6) is 0.342. The molecule has 1 amide bonds. The Morgan fingerprint density at radius 3 is 2.62 bits per heavy atom. The highest BCUT2D eigenvalue weighted by Gasteiger charge is 2.39. The second-order valence-electron chi connectivity index (χ2n) is 9.27. The summed E-state index contributed by atoms with van der Waals surface area (Å²) in [6.45, 7) is 4.92. The highest BCUT2D eigenvalue weighted by Crippen LogP contribution is 2.36. The molecule has 164 valence electrons. The monoisotopic (exact) mass is 427 g/mol. The molecule has 2 heterocycles. The number of aryl methyl sites for hydroxylation is 2. The number of fused-ring (bicyclic) bond motifs is 1. The first-order chi connectivity index (χ1) is 15.5. The Morgan fingerprint density at radius 2 is 1.88 bits per heavy atom. The summed E-state index contributed by atoms with van der Waals surface area (Å²) in [5, 5.41) is 17.8. The number of amides is 1. The molecule has 0 bridgehead atoms. The van der Waals surface area contributed by atoms with Crippen LogP contribution >= 0.6 is 0 Å². The van der Waals surface area contributed by atoms with E-state index in [9.17, 15) is 9.90 Å². The molecule has 5 heteroatoms. The summed E-state index contributed by atoms with van der Waals surface area (Å²) in [6.07, 6.45) is 5.68. The molecule has 1 N–H and O–H groups in total. The zero-order valence-corrected chi connectivity index (χ0v) is 18.7. The molecule has 1 aliphatic heterocycles. The van der Waals surface area contributed by atoms with E-state index in [0.717, 1.165) is 53.6 Å². The van der Waals surface area contributed by atoms with E-state index in [0.29, 0.717) is 6.54 Å². The molecule has 2 atom stereocenters. The lowest BCUT2D eigenvalue weighted by Crippen LogP contribution is -2.39. The van der Waals surface area contributed by atoms with Crippen LogP contribution in [0.1, 0.15) is 57.6 Å². The molecule has 1 aromatic heterocycles. The third-order valence-electron chi connectivity index (χ3n) is 7.11. The number of aliphatic hydroxyl groups is 1. The number of aliphatic hydroxyl groups excluding tert-OH is 1. The summed E-state index contributed by atoms with van der Waals surface area (Å²) in [5.41, 5.74) is 8.69. The molecule has 0 spiro atoms. The van der Waals surface area contributed by atoms with Crippen molar-refractivity contribution in [2.45, 2.75) is 52.1 Å². The normalized spacial score (nSPS) is 20.1. The molecule has 2 aromatic carbocycles. The van der Waals surface area contributed by atoms with E-state index in [2.05, 4.69) is 53.5 Å². The fourth-order valence-corrected chi connectivity index (χ4v) is 5.32. The average Bonchev–Trinajstić information content (AvgIpc) is 3.39. The van der Waals surface area contributed by atoms with Crippen LogP contribution in [-0.4, -0.2) is 38.8 Å². The molecule has 2 aliphatic rings. The molecule has 3 aromatic rings. The van der Waals surface area contributed by atoms with Crippen molar-refractivity contribution in [2.24, 2.45) is 5.92 Å².